The molecule has 2 aromatic rings. The van der Waals surface area contributed by atoms with E-state index in [1.807, 2.05) is 23.9 Å². The number of rotatable bonds is 7. The highest BCUT2D eigenvalue weighted by atomic mass is 19.1. The Bertz CT molecular complexity index is 577. The third kappa shape index (κ3) is 4.14. The van der Waals surface area contributed by atoms with Gasteiger partial charge in [0.15, 0.2) is 0 Å². The SMILES string of the molecule is CCCNC(CC)c1cnn(Cc2ccc(F)cc2C)c1. The lowest BCUT2D eigenvalue weighted by Crippen LogP contribution is -2.21. The Kier molecular flexibility index (Phi) is 5.51. The van der Waals surface area contributed by atoms with Crippen molar-refractivity contribution in [3.8, 4) is 0 Å². The van der Waals surface area contributed by atoms with E-state index in [1.165, 1.54) is 11.6 Å². The zero-order chi connectivity index (χ0) is 15.2. The molecule has 1 aromatic carbocycles. The van der Waals surface area contributed by atoms with Crippen molar-refractivity contribution in [2.75, 3.05) is 6.54 Å². The fourth-order valence-electron chi connectivity index (χ4n) is 2.47. The fourth-order valence-corrected chi connectivity index (χ4v) is 2.47. The molecule has 0 amide bonds. The van der Waals surface area contributed by atoms with Crippen molar-refractivity contribution in [3.63, 3.8) is 0 Å². The minimum atomic E-state index is -0.188. The minimum Gasteiger partial charge on any atom is -0.310 e. The second-order valence-electron chi connectivity index (χ2n) is 5.46. The fraction of sp³-hybridized carbons (Fsp3) is 0.471. The Morgan fingerprint density at radius 3 is 2.81 bits per heavy atom. The highest BCUT2D eigenvalue weighted by Crippen LogP contribution is 2.17. The molecule has 0 fully saturated rings. The summed E-state index contributed by atoms with van der Waals surface area (Å²) >= 11 is 0. The quantitative estimate of drug-likeness (QED) is 0.839. The van der Waals surface area contributed by atoms with Gasteiger partial charge in [0.25, 0.3) is 0 Å². The molecule has 4 heteroatoms. The van der Waals surface area contributed by atoms with Gasteiger partial charge >= 0.3 is 0 Å². The first-order valence-corrected chi connectivity index (χ1v) is 7.64. The second-order valence-corrected chi connectivity index (χ2v) is 5.46. The van der Waals surface area contributed by atoms with Gasteiger partial charge in [0.2, 0.25) is 0 Å². The van der Waals surface area contributed by atoms with Crippen LogP contribution in [-0.4, -0.2) is 16.3 Å². The number of nitrogens with zero attached hydrogens (tertiary/aromatic N) is 2. The molecule has 0 aliphatic carbocycles. The maximum atomic E-state index is 13.1. The summed E-state index contributed by atoms with van der Waals surface area (Å²) in [5, 5.41) is 7.96. The number of hydrogen-bond donors (Lipinski definition) is 1. The molecule has 0 radical (unpaired) electrons. The molecule has 0 bridgehead atoms. The Labute approximate surface area is 126 Å². The molecule has 1 N–H and O–H groups in total. The summed E-state index contributed by atoms with van der Waals surface area (Å²) in [6.07, 6.45) is 6.18. The van der Waals surface area contributed by atoms with E-state index in [9.17, 15) is 4.39 Å². The first-order valence-electron chi connectivity index (χ1n) is 7.64. The van der Waals surface area contributed by atoms with E-state index in [1.54, 1.807) is 6.07 Å². The van der Waals surface area contributed by atoms with Crippen LogP contribution in [0, 0.1) is 12.7 Å². The molecule has 1 atom stereocenters. The predicted octanol–water partition coefficient (Wildman–Crippen LogP) is 3.83. The van der Waals surface area contributed by atoms with Crippen molar-refractivity contribution < 1.29 is 4.39 Å². The van der Waals surface area contributed by atoms with E-state index in [4.69, 9.17) is 0 Å². The van der Waals surface area contributed by atoms with Crippen LogP contribution in [0.2, 0.25) is 0 Å². The summed E-state index contributed by atoms with van der Waals surface area (Å²) in [5.41, 5.74) is 3.27. The number of halogens is 1. The third-order valence-corrected chi connectivity index (χ3v) is 3.74. The molecule has 0 spiro atoms. The van der Waals surface area contributed by atoms with Crippen LogP contribution in [0.15, 0.2) is 30.6 Å². The van der Waals surface area contributed by atoms with Crippen LogP contribution in [0.5, 0.6) is 0 Å². The van der Waals surface area contributed by atoms with Crippen LogP contribution in [-0.2, 0) is 6.54 Å². The van der Waals surface area contributed by atoms with Crippen LogP contribution in [0.25, 0.3) is 0 Å². The van der Waals surface area contributed by atoms with Crippen molar-refractivity contribution in [3.05, 3.63) is 53.1 Å². The van der Waals surface area contributed by atoms with Gasteiger partial charge in [0.1, 0.15) is 5.82 Å². The predicted molar refractivity (Wildman–Crippen MR) is 83.8 cm³/mol. The molecule has 3 nitrogen and oxygen atoms in total. The lowest BCUT2D eigenvalue weighted by Gasteiger charge is -2.14. The largest absolute Gasteiger partial charge is 0.310 e. The molecule has 1 unspecified atom stereocenters. The normalized spacial score (nSPS) is 12.6. The van der Waals surface area contributed by atoms with Gasteiger partial charge in [-0.15, -0.1) is 0 Å². The van der Waals surface area contributed by atoms with Crippen LogP contribution < -0.4 is 5.32 Å². The lowest BCUT2D eigenvalue weighted by molar-refractivity contribution is 0.517. The summed E-state index contributed by atoms with van der Waals surface area (Å²) in [7, 11) is 0. The second kappa shape index (κ2) is 7.36. The van der Waals surface area contributed by atoms with Crippen molar-refractivity contribution in [1.82, 2.24) is 15.1 Å². The van der Waals surface area contributed by atoms with Crippen LogP contribution in [0.4, 0.5) is 4.39 Å². The molecular weight excluding hydrogens is 265 g/mol. The lowest BCUT2D eigenvalue weighted by atomic mass is 10.1. The Morgan fingerprint density at radius 1 is 1.33 bits per heavy atom. The molecule has 2 rings (SSSR count). The van der Waals surface area contributed by atoms with Gasteiger partial charge in [-0.2, -0.15) is 5.10 Å². The van der Waals surface area contributed by atoms with Gasteiger partial charge in [-0.3, -0.25) is 4.68 Å². The van der Waals surface area contributed by atoms with E-state index in [-0.39, 0.29) is 5.82 Å². The molecular formula is C17H24FN3. The highest BCUT2D eigenvalue weighted by Gasteiger charge is 2.11. The maximum absolute atomic E-state index is 13.1. The summed E-state index contributed by atoms with van der Waals surface area (Å²) in [4.78, 5) is 0. The van der Waals surface area contributed by atoms with Gasteiger partial charge in [0.05, 0.1) is 12.7 Å². The molecule has 0 saturated carbocycles. The molecule has 21 heavy (non-hydrogen) atoms. The molecule has 0 aliphatic heterocycles. The summed E-state index contributed by atoms with van der Waals surface area (Å²) in [6, 6.07) is 5.26. The van der Waals surface area contributed by atoms with Gasteiger partial charge in [-0.1, -0.05) is 19.9 Å². The average molecular weight is 289 g/mol. The number of hydrogen-bond acceptors (Lipinski definition) is 2. The smallest absolute Gasteiger partial charge is 0.123 e. The van der Waals surface area contributed by atoms with Crippen molar-refractivity contribution in [2.45, 2.75) is 46.2 Å². The van der Waals surface area contributed by atoms with Crippen LogP contribution in [0.1, 0.15) is 49.4 Å². The first-order chi connectivity index (χ1) is 10.1. The van der Waals surface area contributed by atoms with Crippen LogP contribution in [0.3, 0.4) is 0 Å². The molecule has 1 heterocycles. The van der Waals surface area contributed by atoms with Crippen molar-refractivity contribution in [2.24, 2.45) is 0 Å². The van der Waals surface area contributed by atoms with Crippen molar-refractivity contribution in [1.29, 1.82) is 0 Å². The topological polar surface area (TPSA) is 29.9 Å². The van der Waals surface area contributed by atoms with Gasteiger partial charge in [-0.25, -0.2) is 4.39 Å². The number of nitrogens with one attached hydrogen (secondary N) is 1. The Balaban J connectivity index is 2.08. The molecule has 0 saturated heterocycles. The van der Waals surface area contributed by atoms with Gasteiger partial charge in [-0.05, 0) is 49.6 Å². The molecule has 114 valence electrons. The van der Waals surface area contributed by atoms with E-state index >= 15 is 0 Å². The van der Waals surface area contributed by atoms with Crippen molar-refractivity contribution >= 4 is 0 Å². The summed E-state index contributed by atoms with van der Waals surface area (Å²) in [5.74, 6) is -0.188. The minimum absolute atomic E-state index is 0.188. The van der Waals surface area contributed by atoms with Gasteiger partial charge in [0, 0.05) is 17.8 Å². The van der Waals surface area contributed by atoms with E-state index in [2.05, 4.69) is 30.5 Å². The van der Waals surface area contributed by atoms with E-state index < -0.39 is 0 Å². The number of benzene rings is 1. The van der Waals surface area contributed by atoms with Crippen LogP contribution >= 0.6 is 0 Å². The first kappa shape index (κ1) is 15.7. The zero-order valence-corrected chi connectivity index (χ0v) is 13.1. The van der Waals surface area contributed by atoms with Gasteiger partial charge < -0.3 is 5.32 Å². The zero-order valence-electron chi connectivity index (χ0n) is 13.1. The van der Waals surface area contributed by atoms with E-state index in [0.717, 1.165) is 30.5 Å². The highest BCUT2D eigenvalue weighted by molar-refractivity contribution is 5.27. The average Bonchev–Trinajstić information content (AvgIpc) is 2.91. The Hall–Kier alpha value is -1.68. The van der Waals surface area contributed by atoms with E-state index in [0.29, 0.717) is 12.6 Å². The standard InChI is InChI=1S/C17H24FN3/c1-4-8-19-17(5-2)15-10-20-21(12-15)11-14-6-7-16(18)9-13(14)3/h6-7,9-10,12,17,19H,4-5,8,11H2,1-3H3. The monoisotopic (exact) mass is 289 g/mol. The summed E-state index contributed by atoms with van der Waals surface area (Å²) in [6.45, 7) is 7.97. The summed E-state index contributed by atoms with van der Waals surface area (Å²) < 4.78 is 15.1. The molecule has 1 aromatic heterocycles. The number of aromatic nitrogens is 2. The Morgan fingerprint density at radius 2 is 2.14 bits per heavy atom. The number of aryl methyl sites for hydroxylation is 1. The third-order valence-electron chi connectivity index (χ3n) is 3.74. The molecule has 0 aliphatic rings. The maximum Gasteiger partial charge on any atom is 0.123 e.